The van der Waals surface area contributed by atoms with Crippen LogP contribution in [0.1, 0.15) is 18.3 Å². The lowest BCUT2D eigenvalue weighted by atomic mass is 10.3. The number of nitrogens with two attached hydrogens (primary N) is 1. The van der Waals surface area contributed by atoms with Crippen LogP contribution in [0.4, 0.5) is 5.69 Å². The number of carbonyl (C=O) groups excluding carboxylic acids is 1. The van der Waals surface area contributed by atoms with Crippen molar-refractivity contribution >= 4 is 21.4 Å². The van der Waals surface area contributed by atoms with Gasteiger partial charge in [0.05, 0.1) is 28.6 Å². The van der Waals surface area contributed by atoms with E-state index in [4.69, 9.17) is 5.73 Å². The first-order valence-corrected chi connectivity index (χ1v) is 8.33. The maximum atomic E-state index is 12.3. The van der Waals surface area contributed by atoms with Crippen molar-refractivity contribution in [1.82, 2.24) is 14.7 Å². The molecule has 0 saturated carbocycles. The van der Waals surface area contributed by atoms with Crippen molar-refractivity contribution in [2.75, 3.05) is 23.8 Å². The maximum absolute atomic E-state index is 12.3. The van der Waals surface area contributed by atoms with Crippen LogP contribution in [0.15, 0.2) is 0 Å². The third-order valence-electron chi connectivity index (χ3n) is 3.71. The minimum atomic E-state index is -3.02. The van der Waals surface area contributed by atoms with E-state index in [1.807, 2.05) is 6.92 Å². The molecule has 2 N–H and O–H groups in total. The molecule has 8 heteroatoms. The van der Waals surface area contributed by atoms with E-state index in [1.54, 1.807) is 23.4 Å². The average Bonchev–Trinajstić information content (AvgIpc) is 2.55. The molecule has 1 unspecified atom stereocenters. The summed E-state index contributed by atoms with van der Waals surface area (Å²) in [5.74, 6) is -0.0710. The van der Waals surface area contributed by atoms with Gasteiger partial charge in [-0.3, -0.25) is 9.48 Å². The average molecular weight is 300 g/mol. The second-order valence-corrected chi connectivity index (χ2v) is 7.52. The zero-order valence-electron chi connectivity index (χ0n) is 12.0. The van der Waals surface area contributed by atoms with Crippen molar-refractivity contribution < 1.29 is 13.2 Å². The molecule has 7 nitrogen and oxygen atoms in total. The Bertz CT molecular complexity index is 635. The molecule has 0 aromatic carbocycles. The van der Waals surface area contributed by atoms with Gasteiger partial charge in [0.1, 0.15) is 6.54 Å². The standard InChI is InChI=1S/C12H20N4O3S/c1-8-7-20(18,19)5-4-15(8)11(17)6-16-10(3)12(13)9(2)14-16/h8H,4-7,13H2,1-3H3. The number of carbonyl (C=O) groups is 1. The second kappa shape index (κ2) is 5.08. The summed E-state index contributed by atoms with van der Waals surface area (Å²) in [6, 6.07) is -0.296. The molecule has 1 aromatic rings. The van der Waals surface area contributed by atoms with Crippen LogP contribution in [0.25, 0.3) is 0 Å². The van der Waals surface area contributed by atoms with Crippen LogP contribution in [0.5, 0.6) is 0 Å². The molecule has 0 radical (unpaired) electrons. The van der Waals surface area contributed by atoms with Gasteiger partial charge in [0.25, 0.3) is 0 Å². The van der Waals surface area contributed by atoms with Gasteiger partial charge in [0, 0.05) is 12.6 Å². The number of anilines is 1. The van der Waals surface area contributed by atoms with Crippen molar-refractivity contribution in [1.29, 1.82) is 0 Å². The number of hydrogen-bond donors (Lipinski definition) is 1. The van der Waals surface area contributed by atoms with E-state index >= 15 is 0 Å². The van der Waals surface area contributed by atoms with E-state index in [9.17, 15) is 13.2 Å². The molecule has 1 atom stereocenters. The first-order valence-electron chi connectivity index (χ1n) is 6.50. The smallest absolute Gasteiger partial charge is 0.244 e. The Morgan fingerprint density at radius 3 is 2.60 bits per heavy atom. The molecule has 1 aliphatic heterocycles. The summed E-state index contributed by atoms with van der Waals surface area (Å²) in [4.78, 5) is 13.9. The molecule has 0 bridgehead atoms. The Labute approximate surface area is 118 Å². The van der Waals surface area contributed by atoms with E-state index in [-0.39, 0.29) is 36.5 Å². The molecule has 0 spiro atoms. The molecular formula is C12H20N4O3S. The molecule has 1 fully saturated rings. The van der Waals surface area contributed by atoms with Crippen molar-refractivity contribution in [3.05, 3.63) is 11.4 Å². The van der Waals surface area contributed by atoms with Gasteiger partial charge < -0.3 is 10.6 Å². The fourth-order valence-corrected chi connectivity index (χ4v) is 4.01. The molecular weight excluding hydrogens is 280 g/mol. The zero-order chi connectivity index (χ0) is 15.1. The summed E-state index contributed by atoms with van der Waals surface area (Å²) in [5, 5.41) is 4.22. The van der Waals surface area contributed by atoms with Gasteiger partial charge >= 0.3 is 0 Å². The normalized spacial score (nSPS) is 21.9. The molecule has 1 amide bonds. The molecule has 2 heterocycles. The number of aromatic nitrogens is 2. The van der Waals surface area contributed by atoms with E-state index < -0.39 is 9.84 Å². The second-order valence-electron chi connectivity index (χ2n) is 5.29. The summed E-state index contributed by atoms with van der Waals surface area (Å²) in [6.45, 7) is 5.70. The zero-order valence-corrected chi connectivity index (χ0v) is 12.8. The number of hydrogen-bond acceptors (Lipinski definition) is 5. The summed E-state index contributed by atoms with van der Waals surface area (Å²) in [6.07, 6.45) is 0. The van der Waals surface area contributed by atoms with Gasteiger partial charge in [-0.25, -0.2) is 8.42 Å². The SMILES string of the molecule is Cc1nn(CC(=O)N2CCS(=O)(=O)CC2C)c(C)c1N. The molecule has 1 aliphatic rings. The van der Waals surface area contributed by atoms with Crippen LogP contribution in [-0.4, -0.2) is 53.1 Å². The number of sulfone groups is 1. The Morgan fingerprint density at radius 1 is 1.45 bits per heavy atom. The predicted octanol–water partition coefficient (Wildman–Crippen LogP) is -0.272. The highest BCUT2D eigenvalue weighted by molar-refractivity contribution is 7.91. The number of rotatable bonds is 2. The third-order valence-corrected chi connectivity index (χ3v) is 5.51. The molecule has 2 rings (SSSR count). The van der Waals surface area contributed by atoms with Gasteiger partial charge in [0.15, 0.2) is 9.84 Å². The van der Waals surface area contributed by atoms with E-state index in [2.05, 4.69) is 5.10 Å². The highest BCUT2D eigenvalue weighted by atomic mass is 32.2. The van der Waals surface area contributed by atoms with Gasteiger partial charge in [0.2, 0.25) is 5.91 Å². The topological polar surface area (TPSA) is 98.3 Å². The molecule has 112 valence electrons. The lowest BCUT2D eigenvalue weighted by Crippen LogP contribution is -2.50. The number of aryl methyl sites for hydroxylation is 1. The molecule has 0 aliphatic carbocycles. The number of nitrogens with zero attached hydrogens (tertiary/aromatic N) is 3. The Hall–Kier alpha value is -1.57. The quantitative estimate of drug-likeness (QED) is 0.810. The fraction of sp³-hybridized carbons (Fsp3) is 0.667. The third kappa shape index (κ3) is 2.79. The molecule has 20 heavy (non-hydrogen) atoms. The first kappa shape index (κ1) is 14.8. The number of amides is 1. The Kier molecular flexibility index (Phi) is 3.77. The van der Waals surface area contributed by atoms with Gasteiger partial charge in [-0.2, -0.15) is 5.10 Å². The summed E-state index contributed by atoms with van der Waals surface area (Å²) in [5.41, 5.74) is 7.88. The Morgan fingerprint density at radius 2 is 2.10 bits per heavy atom. The van der Waals surface area contributed by atoms with Crippen LogP contribution in [0.3, 0.4) is 0 Å². The fourth-order valence-electron chi connectivity index (χ4n) is 2.45. The van der Waals surface area contributed by atoms with Gasteiger partial charge in [-0.15, -0.1) is 0 Å². The number of nitrogen functional groups attached to an aromatic ring is 1. The van der Waals surface area contributed by atoms with Gasteiger partial charge in [-0.05, 0) is 20.8 Å². The van der Waals surface area contributed by atoms with E-state index in [0.717, 1.165) is 5.69 Å². The van der Waals surface area contributed by atoms with E-state index in [1.165, 1.54) is 0 Å². The van der Waals surface area contributed by atoms with Crippen molar-refractivity contribution in [3.8, 4) is 0 Å². The highest BCUT2D eigenvalue weighted by Crippen LogP contribution is 2.16. The monoisotopic (exact) mass is 300 g/mol. The van der Waals surface area contributed by atoms with Crippen LogP contribution >= 0.6 is 0 Å². The van der Waals surface area contributed by atoms with Crippen molar-refractivity contribution in [2.45, 2.75) is 33.4 Å². The predicted molar refractivity (Wildman–Crippen MR) is 75.9 cm³/mol. The maximum Gasteiger partial charge on any atom is 0.244 e. The van der Waals surface area contributed by atoms with Crippen molar-refractivity contribution in [2.24, 2.45) is 0 Å². The summed E-state index contributed by atoms with van der Waals surface area (Å²) >= 11 is 0. The van der Waals surface area contributed by atoms with Gasteiger partial charge in [-0.1, -0.05) is 0 Å². The van der Waals surface area contributed by atoms with Crippen LogP contribution in [0, 0.1) is 13.8 Å². The minimum absolute atomic E-state index is 0.0258. The summed E-state index contributed by atoms with van der Waals surface area (Å²) < 4.78 is 24.6. The van der Waals surface area contributed by atoms with E-state index in [0.29, 0.717) is 11.4 Å². The minimum Gasteiger partial charge on any atom is -0.396 e. The summed E-state index contributed by atoms with van der Waals surface area (Å²) in [7, 11) is -3.02. The lowest BCUT2D eigenvalue weighted by molar-refractivity contribution is -0.133. The van der Waals surface area contributed by atoms with Crippen LogP contribution in [-0.2, 0) is 21.2 Å². The molecule has 1 saturated heterocycles. The van der Waals surface area contributed by atoms with Crippen LogP contribution in [0.2, 0.25) is 0 Å². The van der Waals surface area contributed by atoms with Crippen molar-refractivity contribution in [3.63, 3.8) is 0 Å². The van der Waals surface area contributed by atoms with Crippen LogP contribution < -0.4 is 5.73 Å². The Balaban J connectivity index is 2.11. The lowest BCUT2D eigenvalue weighted by Gasteiger charge is -2.33. The highest BCUT2D eigenvalue weighted by Gasteiger charge is 2.31. The largest absolute Gasteiger partial charge is 0.396 e. The first-order chi connectivity index (χ1) is 9.21. The molecule has 1 aromatic heterocycles.